The van der Waals surface area contributed by atoms with Gasteiger partial charge in [0.1, 0.15) is 6.10 Å². The van der Waals surface area contributed by atoms with Gasteiger partial charge in [-0.2, -0.15) is 0 Å². The molecular weight excluding hydrogens is 255 g/mol. The third-order valence-electron chi connectivity index (χ3n) is 4.44. The van der Waals surface area contributed by atoms with Gasteiger partial charge in [-0.15, -0.1) is 0 Å². The SMILES string of the molecule is CN1CCCCC1CN1CC(Oc2ccccc2F)C1. The number of halogens is 1. The van der Waals surface area contributed by atoms with E-state index in [0.717, 1.165) is 19.6 Å². The fourth-order valence-electron chi connectivity index (χ4n) is 3.14. The molecular formula is C16H23FN2O. The summed E-state index contributed by atoms with van der Waals surface area (Å²) < 4.78 is 19.2. The Kier molecular flexibility index (Phi) is 4.22. The Balaban J connectivity index is 1.44. The molecule has 1 aromatic carbocycles. The van der Waals surface area contributed by atoms with Crippen LogP contribution in [0.4, 0.5) is 4.39 Å². The molecule has 3 nitrogen and oxygen atoms in total. The molecule has 4 heteroatoms. The Bertz CT molecular complexity index is 448. The zero-order valence-corrected chi connectivity index (χ0v) is 12.1. The van der Waals surface area contributed by atoms with Crippen molar-refractivity contribution in [2.24, 2.45) is 0 Å². The average molecular weight is 278 g/mol. The number of piperidine rings is 1. The predicted octanol–water partition coefficient (Wildman–Crippen LogP) is 2.37. The number of likely N-dealkylation sites (N-methyl/N-ethyl adjacent to an activating group) is 1. The van der Waals surface area contributed by atoms with Gasteiger partial charge in [0.15, 0.2) is 11.6 Å². The summed E-state index contributed by atoms with van der Waals surface area (Å²) in [5.41, 5.74) is 0. The molecule has 1 atom stereocenters. The molecule has 0 bridgehead atoms. The van der Waals surface area contributed by atoms with Crippen LogP contribution in [0.3, 0.4) is 0 Å². The van der Waals surface area contributed by atoms with Gasteiger partial charge in [0.25, 0.3) is 0 Å². The molecule has 3 rings (SSSR count). The zero-order valence-electron chi connectivity index (χ0n) is 12.1. The smallest absolute Gasteiger partial charge is 0.165 e. The van der Waals surface area contributed by atoms with Crippen LogP contribution in [0, 0.1) is 5.82 Å². The second-order valence-corrected chi connectivity index (χ2v) is 6.02. The lowest BCUT2D eigenvalue weighted by Crippen LogP contribution is -2.58. The maximum Gasteiger partial charge on any atom is 0.165 e. The van der Waals surface area contributed by atoms with Gasteiger partial charge in [-0.05, 0) is 38.6 Å². The van der Waals surface area contributed by atoms with E-state index in [1.165, 1.54) is 31.9 Å². The van der Waals surface area contributed by atoms with Gasteiger partial charge < -0.3 is 9.64 Å². The summed E-state index contributed by atoms with van der Waals surface area (Å²) in [5.74, 6) is 0.116. The summed E-state index contributed by atoms with van der Waals surface area (Å²) in [6.07, 6.45) is 4.11. The summed E-state index contributed by atoms with van der Waals surface area (Å²) in [6, 6.07) is 7.33. The van der Waals surface area contributed by atoms with Crippen LogP contribution in [0.25, 0.3) is 0 Å². The molecule has 2 saturated heterocycles. The lowest BCUT2D eigenvalue weighted by molar-refractivity contribution is -0.00284. The van der Waals surface area contributed by atoms with E-state index < -0.39 is 0 Å². The first-order chi connectivity index (χ1) is 9.72. The Hall–Kier alpha value is -1.13. The first-order valence-corrected chi connectivity index (χ1v) is 7.56. The summed E-state index contributed by atoms with van der Waals surface area (Å²) in [6.45, 7) is 4.17. The van der Waals surface area contributed by atoms with E-state index in [1.807, 2.05) is 6.07 Å². The van der Waals surface area contributed by atoms with Gasteiger partial charge in [-0.3, -0.25) is 4.90 Å². The topological polar surface area (TPSA) is 15.7 Å². The van der Waals surface area contributed by atoms with Gasteiger partial charge >= 0.3 is 0 Å². The zero-order chi connectivity index (χ0) is 13.9. The van der Waals surface area contributed by atoms with Crippen LogP contribution in [0.2, 0.25) is 0 Å². The number of para-hydroxylation sites is 1. The second-order valence-electron chi connectivity index (χ2n) is 6.02. The van der Waals surface area contributed by atoms with Gasteiger partial charge in [-0.1, -0.05) is 18.6 Å². The highest BCUT2D eigenvalue weighted by molar-refractivity contribution is 5.24. The van der Waals surface area contributed by atoms with Crippen LogP contribution in [0.15, 0.2) is 24.3 Å². The molecule has 0 saturated carbocycles. The van der Waals surface area contributed by atoms with Crippen molar-refractivity contribution in [3.63, 3.8) is 0 Å². The molecule has 0 N–H and O–H groups in total. The van der Waals surface area contributed by atoms with Crippen LogP contribution < -0.4 is 4.74 Å². The number of rotatable bonds is 4. The van der Waals surface area contributed by atoms with Crippen molar-refractivity contribution >= 4 is 0 Å². The minimum Gasteiger partial charge on any atom is -0.485 e. The number of nitrogens with zero attached hydrogens (tertiary/aromatic N) is 2. The number of likely N-dealkylation sites (tertiary alicyclic amines) is 2. The van der Waals surface area contributed by atoms with Crippen LogP contribution in [0.5, 0.6) is 5.75 Å². The quantitative estimate of drug-likeness (QED) is 0.841. The van der Waals surface area contributed by atoms with Crippen LogP contribution in [-0.2, 0) is 0 Å². The standard InChI is InChI=1S/C16H23FN2O/c1-18-9-5-4-6-13(18)10-19-11-14(12-19)20-16-8-3-2-7-15(16)17/h2-3,7-8,13-14H,4-6,9-12H2,1H3. The molecule has 20 heavy (non-hydrogen) atoms. The van der Waals surface area contributed by atoms with E-state index in [0.29, 0.717) is 11.8 Å². The summed E-state index contributed by atoms with van der Waals surface area (Å²) in [5, 5.41) is 0. The summed E-state index contributed by atoms with van der Waals surface area (Å²) in [4.78, 5) is 4.88. The Morgan fingerprint density at radius 2 is 2.05 bits per heavy atom. The molecule has 0 aliphatic carbocycles. The minimum absolute atomic E-state index is 0.140. The molecule has 110 valence electrons. The van der Waals surface area contributed by atoms with Crippen molar-refractivity contribution in [2.45, 2.75) is 31.4 Å². The van der Waals surface area contributed by atoms with Crippen LogP contribution in [-0.4, -0.2) is 55.2 Å². The number of benzene rings is 1. The van der Waals surface area contributed by atoms with E-state index in [1.54, 1.807) is 12.1 Å². The number of ether oxygens (including phenoxy) is 1. The molecule has 0 radical (unpaired) electrons. The molecule has 2 aliphatic rings. The lowest BCUT2D eigenvalue weighted by atomic mass is 10.0. The first kappa shape index (κ1) is 13.8. The molecule has 0 spiro atoms. The van der Waals surface area contributed by atoms with E-state index in [2.05, 4.69) is 16.8 Å². The van der Waals surface area contributed by atoms with E-state index in [9.17, 15) is 4.39 Å². The highest BCUT2D eigenvalue weighted by atomic mass is 19.1. The average Bonchev–Trinajstić information content (AvgIpc) is 2.40. The van der Waals surface area contributed by atoms with Crippen molar-refractivity contribution in [1.29, 1.82) is 0 Å². The van der Waals surface area contributed by atoms with Crippen molar-refractivity contribution < 1.29 is 9.13 Å². The molecule has 1 unspecified atom stereocenters. The minimum atomic E-state index is -0.266. The fourth-order valence-corrected chi connectivity index (χ4v) is 3.14. The third-order valence-corrected chi connectivity index (χ3v) is 4.44. The summed E-state index contributed by atoms with van der Waals surface area (Å²) >= 11 is 0. The van der Waals surface area contributed by atoms with E-state index in [4.69, 9.17) is 4.74 Å². The Morgan fingerprint density at radius 1 is 1.25 bits per heavy atom. The molecule has 0 amide bonds. The summed E-state index contributed by atoms with van der Waals surface area (Å²) in [7, 11) is 2.22. The third kappa shape index (κ3) is 3.13. The highest BCUT2D eigenvalue weighted by Gasteiger charge is 2.32. The number of hydrogen-bond donors (Lipinski definition) is 0. The molecule has 2 fully saturated rings. The largest absolute Gasteiger partial charge is 0.485 e. The van der Waals surface area contributed by atoms with Gasteiger partial charge in [-0.25, -0.2) is 4.39 Å². The first-order valence-electron chi connectivity index (χ1n) is 7.56. The monoisotopic (exact) mass is 278 g/mol. The second kappa shape index (κ2) is 6.10. The van der Waals surface area contributed by atoms with Gasteiger partial charge in [0.2, 0.25) is 0 Å². The highest BCUT2D eigenvalue weighted by Crippen LogP contribution is 2.23. The van der Waals surface area contributed by atoms with Crippen molar-refractivity contribution in [3.05, 3.63) is 30.1 Å². The van der Waals surface area contributed by atoms with Crippen molar-refractivity contribution in [3.8, 4) is 5.75 Å². The predicted molar refractivity (Wildman–Crippen MR) is 77.5 cm³/mol. The van der Waals surface area contributed by atoms with Gasteiger partial charge in [0, 0.05) is 25.7 Å². The molecule has 1 aromatic rings. The van der Waals surface area contributed by atoms with E-state index in [-0.39, 0.29) is 11.9 Å². The number of hydrogen-bond acceptors (Lipinski definition) is 3. The molecule has 0 aromatic heterocycles. The Morgan fingerprint density at radius 3 is 2.80 bits per heavy atom. The Labute approximate surface area is 120 Å². The molecule has 2 aliphatic heterocycles. The van der Waals surface area contributed by atoms with Crippen LogP contribution >= 0.6 is 0 Å². The maximum absolute atomic E-state index is 13.5. The fraction of sp³-hybridized carbons (Fsp3) is 0.625. The maximum atomic E-state index is 13.5. The van der Waals surface area contributed by atoms with Crippen LogP contribution in [0.1, 0.15) is 19.3 Å². The van der Waals surface area contributed by atoms with Crippen molar-refractivity contribution in [1.82, 2.24) is 9.80 Å². The normalized spacial score (nSPS) is 25.4. The molecule has 2 heterocycles. The lowest BCUT2D eigenvalue weighted by Gasteiger charge is -2.43. The van der Waals surface area contributed by atoms with E-state index >= 15 is 0 Å². The van der Waals surface area contributed by atoms with Crippen molar-refractivity contribution in [2.75, 3.05) is 33.2 Å². The van der Waals surface area contributed by atoms with Gasteiger partial charge in [0.05, 0.1) is 0 Å².